The van der Waals surface area contributed by atoms with E-state index >= 15 is 0 Å². The van der Waals surface area contributed by atoms with Crippen LogP contribution in [0.15, 0.2) is 22.7 Å². The van der Waals surface area contributed by atoms with Crippen molar-refractivity contribution in [2.45, 2.75) is 6.42 Å². The third-order valence-corrected chi connectivity index (χ3v) is 2.96. The van der Waals surface area contributed by atoms with Crippen molar-refractivity contribution in [1.82, 2.24) is 0 Å². The molecule has 1 aromatic rings. The van der Waals surface area contributed by atoms with E-state index in [4.69, 9.17) is 16.3 Å². The van der Waals surface area contributed by atoms with Crippen LogP contribution in [0.5, 0.6) is 5.75 Å². The van der Waals surface area contributed by atoms with Gasteiger partial charge in [0.2, 0.25) is 0 Å². The van der Waals surface area contributed by atoms with Crippen LogP contribution in [0.25, 0.3) is 0 Å². The number of hydrogen-bond donors (Lipinski definition) is 0. The van der Waals surface area contributed by atoms with Crippen LogP contribution in [-0.4, -0.2) is 27.9 Å². The molecule has 0 aromatic heterocycles. The van der Waals surface area contributed by atoms with E-state index in [1.807, 2.05) is 0 Å². The zero-order valence-electron chi connectivity index (χ0n) is 9.15. The maximum Gasteiger partial charge on any atom is 0.264 e. The minimum Gasteiger partial charge on any atom is -0.493 e. The van der Waals surface area contributed by atoms with Gasteiger partial charge >= 0.3 is 0 Å². The van der Waals surface area contributed by atoms with Crippen molar-refractivity contribution in [1.29, 1.82) is 0 Å². The van der Waals surface area contributed by atoms with Gasteiger partial charge in [0.1, 0.15) is 5.75 Å². The summed E-state index contributed by atoms with van der Waals surface area (Å²) < 4.78 is 32.1. The Balaban J connectivity index is 2.31. The Morgan fingerprint density at radius 2 is 2.00 bits per heavy atom. The number of rotatable bonds is 6. The molecule has 0 atom stereocenters. The Hall–Kier alpha value is -0.300. The second kappa shape index (κ2) is 6.58. The lowest BCUT2D eigenvalue weighted by Gasteiger charge is -2.07. The highest BCUT2D eigenvalue weighted by molar-refractivity contribution is 9.10. The van der Waals surface area contributed by atoms with Gasteiger partial charge in [-0.25, -0.2) is 0 Å². The summed E-state index contributed by atoms with van der Waals surface area (Å²) in [5, 5.41) is 0.571. The molecule has 0 saturated carbocycles. The lowest BCUT2D eigenvalue weighted by molar-refractivity contribution is 0.252. The fourth-order valence-electron chi connectivity index (χ4n) is 1.07. The van der Waals surface area contributed by atoms with Gasteiger partial charge < -0.3 is 4.74 Å². The number of hydrogen-bond acceptors (Lipinski definition) is 4. The Bertz CT molecular complexity index is 455. The summed E-state index contributed by atoms with van der Waals surface area (Å²) in [6.07, 6.45) is 1.50. The quantitative estimate of drug-likeness (QED) is 0.589. The van der Waals surface area contributed by atoms with Crippen molar-refractivity contribution >= 4 is 37.6 Å². The number of ether oxygens (including phenoxy) is 1. The molecule has 0 saturated heterocycles. The van der Waals surface area contributed by atoms with Crippen LogP contribution >= 0.6 is 27.5 Å². The maximum atomic E-state index is 10.7. The van der Waals surface area contributed by atoms with Gasteiger partial charge in [-0.1, -0.05) is 27.5 Å². The molecule has 0 aliphatic heterocycles. The minimum atomic E-state index is -3.37. The van der Waals surface area contributed by atoms with Gasteiger partial charge in [-0.2, -0.15) is 8.42 Å². The summed E-state index contributed by atoms with van der Waals surface area (Å²) in [5.41, 5.74) is 0. The van der Waals surface area contributed by atoms with E-state index in [0.717, 1.165) is 10.7 Å². The molecule has 0 amide bonds. The standard InChI is InChI=1S/C10H12BrClO4S/c1-17(13,14)16-4-2-3-15-10-6-8(11)5-9(12)7-10/h5-7H,2-4H2,1H3. The van der Waals surface area contributed by atoms with Gasteiger partial charge in [-0.05, 0) is 18.2 Å². The zero-order valence-corrected chi connectivity index (χ0v) is 12.3. The van der Waals surface area contributed by atoms with Crippen molar-refractivity contribution < 1.29 is 17.3 Å². The third kappa shape index (κ3) is 6.88. The first-order chi connectivity index (χ1) is 7.87. The molecule has 96 valence electrons. The molecule has 1 rings (SSSR count). The molecule has 0 N–H and O–H groups in total. The molecule has 0 bridgehead atoms. The van der Waals surface area contributed by atoms with E-state index in [1.165, 1.54) is 0 Å². The van der Waals surface area contributed by atoms with Crippen LogP contribution < -0.4 is 4.74 Å². The van der Waals surface area contributed by atoms with E-state index in [0.29, 0.717) is 23.8 Å². The van der Waals surface area contributed by atoms with E-state index in [9.17, 15) is 8.42 Å². The van der Waals surface area contributed by atoms with Crippen molar-refractivity contribution in [3.8, 4) is 5.75 Å². The molecular weight excluding hydrogens is 332 g/mol. The summed E-state index contributed by atoms with van der Waals surface area (Å²) in [6, 6.07) is 5.22. The second-order valence-electron chi connectivity index (χ2n) is 3.33. The molecule has 0 fully saturated rings. The van der Waals surface area contributed by atoms with Crippen LogP contribution in [0.2, 0.25) is 5.02 Å². The SMILES string of the molecule is CS(=O)(=O)OCCCOc1cc(Cl)cc(Br)c1. The van der Waals surface area contributed by atoms with E-state index in [-0.39, 0.29) is 6.61 Å². The molecule has 0 radical (unpaired) electrons. The predicted octanol–water partition coefficient (Wildman–Crippen LogP) is 2.85. The summed E-state index contributed by atoms with van der Waals surface area (Å²) >= 11 is 9.13. The Labute approximate surface area is 114 Å². The molecule has 0 spiro atoms. The molecule has 4 nitrogen and oxygen atoms in total. The highest BCUT2D eigenvalue weighted by atomic mass is 79.9. The molecule has 17 heavy (non-hydrogen) atoms. The fourth-order valence-corrected chi connectivity index (χ4v) is 2.32. The average molecular weight is 344 g/mol. The Morgan fingerprint density at radius 3 is 2.59 bits per heavy atom. The molecular formula is C10H12BrClO4S. The first-order valence-electron chi connectivity index (χ1n) is 4.80. The van der Waals surface area contributed by atoms with E-state index in [1.54, 1.807) is 18.2 Å². The molecule has 1 aromatic carbocycles. The smallest absolute Gasteiger partial charge is 0.264 e. The second-order valence-corrected chi connectivity index (χ2v) is 6.33. The van der Waals surface area contributed by atoms with Crippen molar-refractivity contribution in [2.24, 2.45) is 0 Å². The number of benzene rings is 1. The average Bonchev–Trinajstić information content (AvgIpc) is 2.13. The lowest BCUT2D eigenvalue weighted by atomic mass is 10.3. The van der Waals surface area contributed by atoms with Crippen LogP contribution in [0.1, 0.15) is 6.42 Å². The first kappa shape index (κ1) is 14.8. The normalized spacial score (nSPS) is 11.5. The van der Waals surface area contributed by atoms with Crippen molar-refractivity contribution in [3.05, 3.63) is 27.7 Å². The zero-order chi connectivity index (χ0) is 12.9. The van der Waals surface area contributed by atoms with Gasteiger partial charge in [0.25, 0.3) is 10.1 Å². The van der Waals surface area contributed by atoms with E-state index < -0.39 is 10.1 Å². The summed E-state index contributed by atoms with van der Waals surface area (Å²) in [7, 11) is -3.37. The minimum absolute atomic E-state index is 0.112. The first-order valence-corrected chi connectivity index (χ1v) is 7.79. The van der Waals surface area contributed by atoms with Crippen LogP contribution in [0, 0.1) is 0 Å². The molecule has 7 heteroatoms. The maximum absolute atomic E-state index is 10.7. The molecule has 0 heterocycles. The molecule has 0 aliphatic rings. The molecule has 0 unspecified atom stereocenters. The van der Waals surface area contributed by atoms with E-state index in [2.05, 4.69) is 20.1 Å². The largest absolute Gasteiger partial charge is 0.493 e. The van der Waals surface area contributed by atoms with Gasteiger partial charge in [0.05, 0.1) is 19.5 Å². The highest BCUT2D eigenvalue weighted by Gasteiger charge is 2.02. The van der Waals surface area contributed by atoms with Gasteiger partial charge in [-0.3, -0.25) is 4.18 Å². The lowest BCUT2D eigenvalue weighted by Crippen LogP contribution is -2.07. The summed E-state index contributed by atoms with van der Waals surface area (Å²) in [4.78, 5) is 0. The van der Waals surface area contributed by atoms with Gasteiger partial charge in [0, 0.05) is 15.9 Å². The van der Waals surface area contributed by atoms with Crippen LogP contribution in [-0.2, 0) is 14.3 Å². The Kier molecular flexibility index (Phi) is 5.72. The predicted molar refractivity (Wildman–Crippen MR) is 70.1 cm³/mol. The molecule has 0 aliphatic carbocycles. The highest BCUT2D eigenvalue weighted by Crippen LogP contribution is 2.24. The third-order valence-electron chi connectivity index (χ3n) is 1.69. The van der Waals surface area contributed by atoms with Crippen molar-refractivity contribution in [3.63, 3.8) is 0 Å². The number of halogens is 2. The summed E-state index contributed by atoms with van der Waals surface area (Å²) in [5.74, 6) is 0.628. The Morgan fingerprint density at radius 1 is 1.29 bits per heavy atom. The van der Waals surface area contributed by atoms with Gasteiger partial charge in [-0.15, -0.1) is 0 Å². The summed E-state index contributed by atoms with van der Waals surface area (Å²) in [6.45, 7) is 0.475. The topological polar surface area (TPSA) is 52.6 Å². The van der Waals surface area contributed by atoms with Crippen LogP contribution in [0.3, 0.4) is 0 Å². The fraction of sp³-hybridized carbons (Fsp3) is 0.400. The monoisotopic (exact) mass is 342 g/mol. The van der Waals surface area contributed by atoms with Gasteiger partial charge in [0.15, 0.2) is 0 Å². The van der Waals surface area contributed by atoms with Crippen molar-refractivity contribution in [2.75, 3.05) is 19.5 Å². The van der Waals surface area contributed by atoms with Crippen LogP contribution in [0.4, 0.5) is 0 Å².